The highest BCUT2D eigenvalue weighted by Gasteiger charge is 2.20. The third-order valence-electron chi connectivity index (χ3n) is 3.82. The van der Waals surface area contributed by atoms with Crippen molar-refractivity contribution >= 4 is 17.7 Å². The second-order valence-electron chi connectivity index (χ2n) is 5.22. The Balaban J connectivity index is 1.91. The molecular formula is C15H20FNO2S. The summed E-state index contributed by atoms with van der Waals surface area (Å²) in [5.74, 6) is -1.89. The molecule has 3 nitrogen and oxygen atoms in total. The van der Waals surface area contributed by atoms with Crippen molar-refractivity contribution in [3.05, 3.63) is 35.1 Å². The number of hydrogen-bond donors (Lipinski definition) is 2. The van der Waals surface area contributed by atoms with E-state index in [1.165, 1.54) is 25.0 Å². The SMILES string of the molecule is CSC1CCCC(NCc2ccc(C(=O)O)c(F)c2)C1. The fraction of sp³-hybridized carbons (Fsp3) is 0.533. The zero-order valence-electron chi connectivity index (χ0n) is 11.6. The first-order valence-corrected chi connectivity index (χ1v) is 8.17. The summed E-state index contributed by atoms with van der Waals surface area (Å²) < 4.78 is 13.6. The van der Waals surface area contributed by atoms with Crippen LogP contribution in [0.1, 0.15) is 41.6 Å². The maximum atomic E-state index is 13.6. The van der Waals surface area contributed by atoms with Crippen LogP contribution in [-0.2, 0) is 6.54 Å². The van der Waals surface area contributed by atoms with Gasteiger partial charge >= 0.3 is 5.97 Å². The zero-order chi connectivity index (χ0) is 14.5. The summed E-state index contributed by atoms with van der Waals surface area (Å²) >= 11 is 1.91. The fourth-order valence-corrected chi connectivity index (χ4v) is 3.48. The van der Waals surface area contributed by atoms with E-state index >= 15 is 0 Å². The molecule has 0 bridgehead atoms. The molecule has 1 saturated carbocycles. The summed E-state index contributed by atoms with van der Waals surface area (Å²) in [6.45, 7) is 0.586. The Morgan fingerprint density at radius 2 is 2.30 bits per heavy atom. The number of nitrogens with one attached hydrogen (secondary N) is 1. The summed E-state index contributed by atoms with van der Waals surface area (Å²) in [5, 5.41) is 13.0. The van der Waals surface area contributed by atoms with E-state index < -0.39 is 11.8 Å². The van der Waals surface area contributed by atoms with Crippen molar-refractivity contribution in [2.75, 3.05) is 6.26 Å². The minimum Gasteiger partial charge on any atom is -0.478 e. The average molecular weight is 297 g/mol. The van der Waals surface area contributed by atoms with Crippen molar-refractivity contribution in [2.24, 2.45) is 0 Å². The zero-order valence-corrected chi connectivity index (χ0v) is 12.4. The predicted octanol–water partition coefficient (Wildman–Crippen LogP) is 3.29. The Kier molecular flexibility index (Phi) is 5.43. The first kappa shape index (κ1) is 15.3. The van der Waals surface area contributed by atoms with Crippen LogP contribution in [-0.4, -0.2) is 28.6 Å². The number of hydrogen-bond acceptors (Lipinski definition) is 3. The van der Waals surface area contributed by atoms with E-state index in [4.69, 9.17) is 5.11 Å². The largest absolute Gasteiger partial charge is 0.478 e. The summed E-state index contributed by atoms with van der Waals surface area (Å²) in [7, 11) is 0. The molecule has 2 N–H and O–H groups in total. The minimum atomic E-state index is -1.22. The highest BCUT2D eigenvalue weighted by molar-refractivity contribution is 7.99. The number of carboxylic acid groups (broad SMARTS) is 1. The monoisotopic (exact) mass is 297 g/mol. The molecule has 1 aliphatic rings. The third kappa shape index (κ3) is 3.96. The van der Waals surface area contributed by atoms with Crippen LogP contribution in [0.5, 0.6) is 0 Å². The maximum Gasteiger partial charge on any atom is 0.338 e. The van der Waals surface area contributed by atoms with Crippen LogP contribution in [0.15, 0.2) is 18.2 Å². The lowest BCUT2D eigenvalue weighted by Crippen LogP contribution is -2.34. The number of carbonyl (C=O) groups is 1. The van der Waals surface area contributed by atoms with E-state index in [9.17, 15) is 9.18 Å². The van der Waals surface area contributed by atoms with E-state index in [0.29, 0.717) is 17.8 Å². The van der Waals surface area contributed by atoms with Crippen molar-refractivity contribution in [1.29, 1.82) is 0 Å². The quantitative estimate of drug-likeness (QED) is 0.875. The molecule has 2 atom stereocenters. The molecule has 1 aromatic carbocycles. The number of thioether (sulfide) groups is 1. The van der Waals surface area contributed by atoms with Gasteiger partial charge in [0.25, 0.3) is 0 Å². The maximum absolute atomic E-state index is 13.6. The number of rotatable bonds is 5. The van der Waals surface area contributed by atoms with Gasteiger partial charge < -0.3 is 10.4 Å². The Hall–Kier alpha value is -1.07. The van der Waals surface area contributed by atoms with Crippen LogP contribution < -0.4 is 5.32 Å². The number of aromatic carboxylic acids is 1. The minimum absolute atomic E-state index is 0.270. The molecule has 2 unspecified atom stereocenters. The van der Waals surface area contributed by atoms with Gasteiger partial charge in [0.1, 0.15) is 5.82 Å². The first-order valence-electron chi connectivity index (χ1n) is 6.88. The molecule has 0 spiro atoms. The van der Waals surface area contributed by atoms with E-state index in [0.717, 1.165) is 18.4 Å². The number of halogens is 1. The predicted molar refractivity (Wildman–Crippen MR) is 79.8 cm³/mol. The molecule has 0 radical (unpaired) electrons. The Morgan fingerprint density at radius 1 is 1.50 bits per heavy atom. The van der Waals surface area contributed by atoms with Crippen LogP contribution in [0, 0.1) is 5.82 Å². The summed E-state index contributed by atoms with van der Waals surface area (Å²) in [5.41, 5.74) is 0.521. The molecule has 0 aliphatic heterocycles. The van der Waals surface area contributed by atoms with E-state index in [1.54, 1.807) is 6.07 Å². The molecule has 1 aromatic rings. The second kappa shape index (κ2) is 7.09. The van der Waals surface area contributed by atoms with Crippen molar-refractivity contribution in [3.63, 3.8) is 0 Å². The van der Waals surface area contributed by atoms with E-state index in [2.05, 4.69) is 11.6 Å². The van der Waals surface area contributed by atoms with Crippen molar-refractivity contribution in [1.82, 2.24) is 5.32 Å². The smallest absolute Gasteiger partial charge is 0.338 e. The van der Waals surface area contributed by atoms with Crippen LogP contribution in [0.25, 0.3) is 0 Å². The van der Waals surface area contributed by atoms with E-state index in [-0.39, 0.29) is 5.56 Å². The van der Waals surface area contributed by atoms with Crippen LogP contribution in [0.3, 0.4) is 0 Å². The van der Waals surface area contributed by atoms with Crippen molar-refractivity contribution < 1.29 is 14.3 Å². The molecule has 1 fully saturated rings. The molecule has 0 amide bonds. The summed E-state index contributed by atoms with van der Waals surface area (Å²) in [4.78, 5) is 10.7. The Morgan fingerprint density at radius 3 is 2.95 bits per heavy atom. The van der Waals surface area contributed by atoms with Crippen LogP contribution in [0.2, 0.25) is 0 Å². The highest BCUT2D eigenvalue weighted by atomic mass is 32.2. The van der Waals surface area contributed by atoms with Gasteiger partial charge in [0.15, 0.2) is 0 Å². The lowest BCUT2D eigenvalue weighted by atomic mass is 9.95. The Labute approximate surface area is 123 Å². The van der Waals surface area contributed by atoms with Crippen molar-refractivity contribution in [3.8, 4) is 0 Å². The van der Waals surface area contributed by atoms with Gasteiger partial charge in [-0.3, -0.25) is 0 Å². The molecule has 5 heteroatoms. The van der Waals surface area contributed by atoms with E-state index in [1.807, 2.05) is 11.8 Å². The number of benzene rings is 1. The van der Waals surface area contributed by atoms with Gasteiger partial charge in [-0.2, -0.15) is 11.8 Å². The van der Waals surface area contributed by atoms with Crippen LogP contribution in [0.4, 0.5) is 4.39 Å². The van der Waals surface area contributed by atoms with Gasteiger partial charge in [0.2, 0.25) is 0 Å². The topological polar surface area (TPSA) is 49.3 Å². The van der Waals surface area contributed by atoms with Crippen molar-refractivity contribution in [2.45, 2.75) is 43.5 Å². The molecule has 2 rings (SSSR count). The molecule has 0 saturated heterocycles. The van der Waals surface area contributed by atoms with Gasteiger partial charge in [-0.1, -0.05) is 12.5 Å². The lowest BCUT2D eigenvalue weighted by molar-refractivity contribution is 0.0692. The van der Waals surface area contributed by atoms with Gasteiger partial charge in [-0.25, -0.2) is 9.18 Å². The molecular weight excluding hydrogens is 277 g/mol. The molecule has 1 aliphatic carbocycles. The molecule has 20 heavy (non-hydrogen) atoms. The highest BCUT2D eigenvalue weighted by Crippen LogP contribution is 2.27. The normalized spacial score (nSPS) is 22.7. The molecule has 0 heterocycles. The summed E-state index contributed by atoms with van der Waals surface area (Å²) in [6, 6.07) is 4.79. The van der Waals surface area contributed by atoms with Crippen LogP contribution >= 0.6 is 11.8 Å². The molecule has 0 aromatic heterocycles. The summed E-state index contributed by atoms with van der Waals surface area (Å²) in [6.07, 6.45) is 6.97. The van der Waals surface area contributed by atoms with Gasteiger partial charge in [0, 0.05) is 17.8 Å². The fourth-order valence-electron chi connectivity index (χ4n) is 2.65. The standard InChI is InChI=1S/C15H20FNO2S/c1-20-12-4-2-3-11(8-12)17-9-10-5-6-13(15(18)19)14(16)7-10/h5-7,11-12,17H,2-4,8-9H2,1H3,(H,18,19). The lowest BCUT2D eigenvalue weighted by Gasteiger charge is -2.28. The van der Waals surface area contributed by atoms with Gasteiger partial charge in [0.05, 0.1) is 5.56 Å². The third-order valence-corrected chi connectivity index (χ3v) is 4.91. The van der Waals surface area contributed by atoms with Gasteiger partial charge in [-0.15, -0.1) is 0 Å². The average Bonchev–Trinajstić information content (AvgIpc) is 2.45. The molecule has 110 valence electrons. The number of carboxylic acids is 1. The second-order valence-corrected chi connectivity index (χ2v) is 6.36. The first-order chi connectivity index (χ1) is 9.60. The Bertz CT molecular complexity index is 481. The van der Waals surface area contributed by atoms with Gasteiger partial charge in [-0.05, 0) is 43.2 Å².